The molecular weight excluding hydrogens is 364 g/mol. The van der Waals surface area contributed by atoms with Crippen LogP contribution in [0.15, 0.2) is 42.4 Å². The van der Waals surface area contributed by atoms with Crippen LogP contribution in [0.3, 0.4) is 0 Å². The summed E-state index contributed by atoms with van der Waals surface area (Å²) in [6.07, 6.45) is -1.08. The van der Waals surface area contributed by atoms with Crippen LogP contribution in [-0.2, 0) is 10.8 Å². The number of rotatable bonds is 2. The third-order valence-corrected chi connectivity index (χ3v) is 3.99. The average molecular weight is 409 g/mol. The number of fused-ring (bicyclic) bond motifs is 1. The number of hydrogen-bond acceptors (Lipinski definition) is 4. The highest BCUT2D eigenvalue weighted by Gasteiger charge is 2.26. The molecule has 2 aromatic carbocycles. The number of nitrogens with one attached hydrogen (secondary N) is 1. The van der Waals surface area contributed by atoms with Gasteiger partial charge in [-0.1, -0.05) is 53.4 Å². The Kier molecular flexibility index (Phi) is 2.03. The first-order valence-corrected chi connectivity index (χ1v) is 8.35. The van der Waals surface area contributed by atoms with E-state index < -0.39 is 124 Å². The number of nitrogens with zero attached hydrogens (tertiary/aromatic N) is 1. The monoisotopic (exact) mass is 408 g/mol. The molecule has 29 heavy (non-hydrogen) atoms. The van der Waals surface area contributed by atoms with E-state index in [9.17, 15) is 15.0 Å². The van der Waals surface area contributed by atoms with Gasteiger partial charge < -0.3 is 15.5 Å². The molecule has 0 atom stereocenters. The molecule has 3 aromatic rings. The number of amides is 1. The molecule has 0 saturated heterocycles. The van der Waals surface area contributed by atoms with E-state index in [4.69, 9.17) is 21.9 Å². The van der Waals surface area contributed by atoms with Crippen LogP contribution in [0.25, 0.3) is 10.9 Å². The summed E-state index contributed by atoms with van der Waals surface area (Å²) >= 11 is 0. The summed E-state index contributed by atoms with van der Waals surface area (Å²) in [5.41, 5.74) is -10.0. The van der Waals surface area contributed by atoms with Crippen molar-refractivity contribution in [1.29, 1.82) is 0 Å². The first-order valence-electron chi connectivity index (χ1n) is 16.3. The van der Waals surface area contributed by atoms with Crippen LogP contribution >= 0.6 is 0 Å². The van der Waals surface area contributed by atoms with E-state index in [0.29, 0.717) is 0 Å². The van der Waals surface area contributed by atoms with Crippen LogP contribution in [0, 0.1) is 0 Å². The normalized spacial score (nSPS) is 21.5. The van der Waals surface area contributed by atoms with Crippen molar-refractivity contribution in [3.63, 3.8) is 0 Å². The van der Waals surface area contributed by atoms with Gasteiger partial charge in [-0.3, -0.25) is 9.78 Å². The van der Waals surface area contributed by atoms with Crippen LogP contribution in [0.4, 0.5) is 5.69 Å². The summed E-state index contributed by atoms with van der Waals surface area (Å²) in [7, 11) is 0. The molecule has 0 aliphatic heterocycles. The molecule has 0 radical (unpaired) electrons. The van der Waals surface area contributed by atoms with Gasteiger partial charge in [0, 0.05) is 35.6 Å². The number of carbonyl (C=O) groups excluding carboxylic acids is 1. The molecule has 0 bridgehead atoms. The highest BCUT2D eigenvalue weighted by atomic mass is 16.3. The molecule has 5 heteroatoms. The minimum Gasteiger partial charge on any atom is -0.508 e. The first kappa shape index (κ1) is 8.34. The van der Waals surface area contributed by atoms with Gasteiger partial charge in [0.15, 0.2) is 0 Å². The maximum Gasteiger partial charge on any atom is 0.261 e. The smallest absolute Gasteiger partial charge is 0.261 e. The van der Waals surface area contributed by atoms with Crippen molar-refractivity contribution in [2.24, 2.45) is 0 Å². The molecule has 0 unspecified atom stereocenters. The molecular formula is C24H28N2O3. The van der Waals surface area contributed by atoms with E-state index >= 15 is 0 Å². The van der Waals surface area contributed by atoms with Crippen molar-refractivity contribution >= 4 is 22.5 Å². The third kappa shape index (κ3) is 4.04. The highest BCUT2D eigenvalue weighted by molar-refractivity contribution is 6.09. The van der Waals surface area contributed by atoms with Gasteiger partial charge in [-0.15, -0.1) is 0 Å². The molecule has 3 N–H and O–H groups in total. The lowest BCUT2D eigenvalue weighted by Gasteiger charge is -2.28. The van der Waals surface area contributed by atoms with Gasteiger partial charge in [0.05, 0.1) is 15.1 Å². The Labute approximate surface area is 193 Å². The average Bonchev–Trinajstić information content (AvgIpc) is 2.83. The van der Waals surface area contributed by atoms with Crippen molar-refractivity contribution in [3.8, 4) is 11.5 Å². The predicted octanol–water partition coefficient (Wildman–Crippen LogP) is 5.49. The first-order chi connectivity index (χ1) is 20.1. The Morgan fingerprint density at radius 1 is 1.07 bits per heavy atom. The predicted molar refractivity (Wildman–Crippen MR) is 117 cm³/mol. The Hall–Kier alpha value is -3.08. The summed E-state index contributed by atoms with van der Waals surface area (Å²) in [4.78, 5) is 17.3. The van der Waals surface area contributed by atoms with E-state index in [1.54, 1.807) is 0 Å². The second-order valence-corrected chi connectivity index (χ2v) is 7.35. The molecule has 3 rings (SSSR count). The number of phenols is 1. The highest BCUT2D eigenvalue weighted by Crippen LogP contribution is 2.40. The number of anilines is 1. The second-order valence-electron chi connectivity index (χ2n) is 7.35. The Bertz CT molecular complexity index is 1700. The van der Waals surface area contributed by atoms with Crippen LogP contribution in [0.5, 0.6) is 11.5 Å². The van der Waals surface area contributed by atoms with Gasteiger partial charge in [-0.2, -0.15) is 0 Å². The summed E-state index contributed by atoms with van der Waals surface area (Å²) in [6.45, 7) is -7.65. The van der Waals surface area contributed by atoms with E-state index in [1.165, 1.54) is 20.8 Å². The number of phenolic OH excluding ortho intramolecular Hbond substituents is 1. The fraction of sp³-hybridized carbons (Fsp3) is 0.333. The van der Waals surface area contributed by atoms with Gasteiger partial charge in [-0.05, 0) is 40.1 Å². The molecule has 0 spiro atoms. The Balaban J connectivity index is 2.58. The van der Waals surface area contributed by atoms with Crippen LogP contribution in [-0.4, -0.2) is 21.1 Å². The van der Waals surface area contributed by atoms with Gasteiger partial charge >= 0.3 is 0 Å². The minimum atomic E-state index is -3.96. The lowest BCUT2D eigenvalue weighted by Crippen LogP contribution is -2.21. The zero-order valence-electron chi connectivity index (χ0n) is 31.7. The topological polar surface area (TPSA) is 82.5 Å². The van der Waals surface area contributed by atoms with Gasteiger partial charge in [0.2, 0.25) is 0 Å². The van der Waals surface area contributed by atoms with Crippen molar-refractivity contribution in [1.82, 2.24) is 4.98 Å². The van der Waals surface area contributed by atoms with Crippen molar-refractivity contribution in [2.75, 3.05) is 5.32 Å². The summed E-state index contributed by atoms with van der Waals surface area (Å²) < 4.78 is 131. The van der Waals surface area contributed by atoms with Gasteiger partial charge in [0.1, 0.15) is 17.1 Å². The standard InChI is InChI=1S/C24H28N2O3/c1-23(2,3)16-11-17(24(4,5)6)20(27)12-19(16)26-22(29)15-13-25-18-10-8-7-9-14(18)21(15)28/h7-13,27H,1-6H3,(H,25,28)(H,26,29)/i1D3,2D3,3D3,7D,8D,9D,10D,11D,12D,13D. The Morgan fingerprint density at radius 2 is 1.76 bits per heavy atom. The molecule has 0 saturated carbocycles. The van der Waals surface area contributed by atoms with Crippen LogP contribution < -0.4 is 5.32 Å². The summed E-state index contributed by atoms with van der Waals surface area (Å²) in [5.74, 6) is -3.85. The molecule has 1 amide bonds. The molecule has 1 aromatic heterocycles. The molecule has 5 nitrogen and oxygen atoms in total. The van der Waals surface area contributed by atoms with E-state index in [0.717, 1.165) is 0 Å². The second kappa shape index (κ2) is 7.07. The molecule has 0 aliphatic carbocycles. The zero-order chi connectivity index (χ0) is 35.2. The molecule has 0 fully saturated rings. The van der Waals surface area contributed by atoms with E-state index in [2.05, 4.69) is 4.98 Å². The Morgan fingerprint density at radius 3 is 2.41 bits per heavy atom. The summed E-state index contributed by atoms with van der Waals surface area (Å²) in [5, 5.41) is 23.2. The maximum atomic E-state index is 13.7. The number of benzene rings is 2. The van der Waals surface area contributed by atoms with Crippen molar-refractivity contribution < 1.29 is 36.9 Å². The molecule has 0 aliphatic rings. The fourth-order valence-corrected chi connectivity index (χ4v) is 2.59. The minimum absolute atomic E-state index is 0.505. The third-order valence-electron chi connectivity index (χ3n) is 3.99. The van der Waals surface area contributed by atoms with Gasteiger partial charge in [-0.25, -0.2) is 0 Å². The lowest BCUT2D eigenvalue weighted by molar-refractivity contribution is 0.102. The molecule has 152 valence electrons. The maximum absolute atomic E-state index is 13.7. The van der Waals surface area contributed by atoms with Crippen molar-refractivity contribution in [2.45, 2.75) is 52.2 Å². The zero-order valence-corrected chi connectivity index (χ0v) is 15.7. The SMILES string of the molecule is [2H]c1nc2c([2H])c([2H])c([2H])c([2H])c2c(O)c1C(=O)Nc1c([2H])c(O)c(C(C)(C)C)c([2H])c1C(C([2H])([2H])[2H])(C([2H])([2H])[2H])C([2H])([2H])[2H]. The number of aromatic nitrogens is 1. The van der Waals surface area contributed by atoms with Crippen molar-refractivity contribution in [3.05, 3.63) is 59.1 Å². The van der Waals surface area contributed by atoms with E-state index in [1.807, 2.05) is 5.32 Å². The quantitative estimate of drug-likeness (QED) is 0.523. The number of para-hydroxylation sites is 1. The fourth-order valence-electron chi connectivity index (χ4n) is 2.59. The molecule has 1 heterocycles. The lowest BCUT2D eigenvalue weighted by atomic mass is 9.79. The summed E-state index contributed by atoms with van der Waals surface area (Å²) in [6, 6.07) is -5.48. The largest absolute Gasteiger partial charge is 0.508 e. The van der Waals surface area contributed by atoms with Crippen LogP contribution in [0.2, 0.25) is 0 Å². The number of aromatic hydroxyl groups is 2. The van der Waals surface area contributed by atoms with E-state index in [-0.39, 0.29) is 0 Å². The van der Waals surface area contributed by atoms with Crippen LogP contribution in [0.1, 0.15) is 84.7 Å². The number of pyridine rings is 1. The van der Waals surface area contributed by atoms with Gasteiger partial charge in [0.25, 0.3) is 5.91 Å². The number of hydrogen-bond donors (Lipinski definition) is 3. The number of carbonyl (C=O) groups is 1.